The van der Waals surface area contributed by atoms with Crippen LogP contribution in [0, 0.1) is 12.0 Å². The van der Waals surface area contributed by atoms with Crippen LogP contribution in [0.1, 0.15) is 45.4 Å². The van der Waals surface area contributed by atoms with Crippen LogP contribution in [-0.4, -0.2) is 0 Å². The number of hydrogen-bond donors (Lipinski definition) is 0. The van der Waals surface area contributed by atoms with Crippen LogP contribution in [0.5, 0.6) is 0 Å². The molecular formula is C10H17. The van der Waals surface area contributed by atoms with Crippen molar-refractivity contribution in [2.45, 2.75) is 45.4 Å². The summed E-state index contributed by atoms with van der Waals surface area (Å²) in [6.45, 7) is 2.07. The molecule has 0 aromatic heterocycles. The number of hydrogen-bond acceptors (Lipinski definition) is 0. The van der Waals surface area contributed by atoms with E-state index in [4.69, 9.17) is 0 Å². The summed E-state index contributed by atoms with van der Waals surface area (Å²) in [7, 11) is 0. The SMILES string of the molecule is C/C=[C]/C1CCCCCC1. The summed E-state index contributed by atoms with van der Waals surface area (Å²) < 4.78 is 0. The van der Waals surface area contributed by atoms with Crippen molar-refractivity contribution in [3.63, 3.8) is 0 Å². The first-order valence-corrected chi connectivity index (χ1v) is 4.47. The monoisotopic (exact) mass is 137 g/mol. The molecule has 1 saturated carbocycles. The summed E-state index contributed by atoms with van der Waals surface area (Å²) in [6, 6.07) is 0. The van der Waals surface area contributed by atoms with Gasteiger partial charge in [-0.2, -0.15) is 0 Å². The Morgan fingerprint density at radius 3 is 2.20 bits per heavy atom. The van der Waals surface area contributed by atoms with Gasteiger partial charge in [-0.3, -0.25) is 0 Å². The van der Waals surface area contributed by atoms with E-state index in [9.17, 15) is 0 Å². The van der Waals surface area contributed by atoms with E-state index in [1.54, 1.807) is 0 Å². The van der Waals surface area contributed by atoms with E-state index in [1.165, 1.54) is 38.5 Å². The molecule has 1 aliphatic rings. The van der Waals surface area contributed by atoms with E-state index in [-0.39, 0.29) is 0 Å². The Kier molecular flexibility index (Phi) is 3.56. The zero-order valence-corrected chi connectivity index (χ0v) is 6.90. The lowest BCUT2D eigenvalue weighted by atomic mass is 10.0. The van der Waals surface area contributed by atoms with Gasteiger partial charge in [0.2, 0.25) is 0 Å². The van der Waals surface area contributed by atoms with Crippen molar-refractivity contribution in [1.29, 1.82) is 0 Å². The quantitative estimate of drug-likeness (QED) is 0.486. The van der Waals surface area contributed by atoms with Gasteiger partial charge in [0.05, 0.1) is 0 Å². The fourth-order valence-electron chi connectivity index (χ4n) is 1.68. The van der Waals surface area contributed by atoms with E-state index in [0.717, 1.165) is 5.92 Å². The predicted molar refractivity (Wildman–Crippen MR) is 44.7 cm³/mol. The molecule has 0 nitrogen and oxygen atoms in total. The Bertz CT molecular complexity index is 94.6. The van der Waals surface area contributed by atoms with Gasteiger partial charge < -0.3 is 0 Å². The number of allylic oxidation sites excluding steroid dienone is 2. The molecule has 0 heteroatoms. The molecule has 0 atom stereocenters. The molecule has 0 aromatic rings. The first kappa shape index (κ1) is 7.84. The van der Waals surface area contributed by atoms with Crippen molar-refractivity contribution >= 4 is 0 Å². The smallest absolute Gasteiger partial charge is 0.0163 e. The second-order valence-electron chi connectivity index (χ2n) is 3.14. The molecule has 1 radical (unpaired) electrons. The lowest BCUT2D eigenvalue weighted by molar-refractivity contribution is 0.544. The van der Waals surface area contributed by atoms with Gasteiger partial charge in [-0.15, -0.1) is 0 Å². The van der Waals surface area contributed by atoms with E-state index < -0.39 is 0 Å². The van der Waals surface area contributed by atoms with Crippen LogP contribution in [0.3, 0.4) is 0 Å². The Balaban J connectivity index is 2.28. The summed E-state index contributed by atoms with van der Waals surface area (Å²) in [5, 5.41) is 0. The standard InChI is InChI=1S/C10H17/c1-2-7-10-8-5-3-4-6-9-10/h2,10H,3-6,8-9H2,1H3. The maximum atomic E-state index is 3.40. The van der Waals surface area contributed by atoms with Crippen molar-refractivity contribution in [1.82, 2.24) is 0 Å². The molecule has 0 saturated heterocycles. The van der Waals surface area contributed by atoms with Crippen LogP contribution in [0.15, 0.2) is 6.08 Å². The molecule has 0 aromatic carbocycles. The summed E-state index contributed by atoms with van der Waals surface area (Å²) in [6.07, 6.45) is 14.0. The normalized spacial score (nSPS) is 23.3. The molecule has 0 aliphatic heterocycles. The molecule has 1 aliphatic carbocycles. The third-order valence-corrected chi connectivity index (χ3v) is 2.26. The van der Waals surface area contributed by atoms with Crippen molar-refractivity contribution in [2.24, 2.45) is 5.92 Å². The second kappa shape index (κ2) is 4.54. The molecule has 0 unspecified atom stereocenters. The summed E-state index contributed by atoms with van der Waals surface area (Å²) in [5.41, 5.74) is 0. The van der Waals surface area contributed by atoms with Crippen molar-refractivity contribution < 1.29 is 0 Å². The van der Waals surface area contributed by atoms with Crippen LogP contribution < -0.4 is 0 Å². The van der Waals surface area contributed by atoms with Gasteiger partial charge in [0, 0.05) is 0 Å². The fraction of sp³-hybridized carbons (Fsp3) is 0.800. The maximum Gasteiger partial charge on any atom is -0.0163 e. The molecule has 0 amide bonds. The van der Waals surface area contributed by atoms with Crippen LogP contribution >= 0.6 is 0 Å². The Morgan fingerprint density at radius 1 is 1.10 bits per heavy atom. The minimum absolute atomic E-state index is 0.785. The van der Waals surface area contributed by atoms with Crippen molar-refractivity contribution in [2.75, 3.05) is 0 Å². The molecule has 10 heavy (non-hydrogen) atoms. The van der Waals surface area contributed by atoms with Gasteiger partial charge in [-0.1, -0.05) is 31.8 Å². The highest BCUT2D eigenvalue weighted by atomic mass is 14.1. The molecular weight excluding hydrogens is 120 g/mol. The van der Waals surface area contributed by atoms with Gasteiger partial charge >= 0.3 is 0 Å². The van der Waals surface area contributed by atoms with Gasteiger partial charge in [0.15, 0.2) is 0 Å². The molecule has 0 bridgehead atoms. The third kappa shape index (κ3) is 2.55. The maximum absolute atomic E-state index is 3.40. The first-order chi connectivity index (χ1) is 4.93. The average Bonchev–Trinajstić information content (AvgIpc) is 2.17. The summed E-state index contributed by atoms with van der Waals surface area (Å²) >= 11 is 0. The molecule has 0 N–H and O–H groups in total. The highest BCUT2D eigenvalue weighted by Crippen LogP contribution is 2.22. The van der Waals surface area contributed by atoms with Crippen LogP contribution in [-0.2, 0) is 0 Å². The number of rotatable bonds is 1. The average molecular weight is 137 g/mol. The van der Waals surface area contributed by atoms with Gasteiger partial charge in [-0.25, -0.2) is 0 Å². The molecule has 57 valence electrons. The molecule has 1 rings (SSSR count). The molecule has 0 spiro atoms. The van der Waals surface area contributed by atoms with E-state index in [0.29, 0.717) is 0 Å². The highest BCUT2D eigenvalue weighted by Gasteiger charge is 2.07. The van der Waals surface area contributed by atoms with E-state index in [2.05, 4.69) is 19.1 Å². The minimum Gasteiger partial charge on any atom is -0.0839 e. The fourth-order valence-corrected chi connectivity index (χ4v) is 1.68. The van der Waals surface area contributed by atoms with Crippen LogP contribution in [0.4, 0.5) is 0 Å². The Morgan fingerprint density at radius 2 is 1.70 bits per heavy atom. The third-order valence-electron chi connectivity index (χ3n) is 2.26. The Labute approximate surface area is 64.3 Å². The lowest BCUT2D eigenvalue weighted by Crippen LogP contribution is -1.93. The summed E-state index contributed by atoms with van der Waals surface area (Å²) in [4.78, 5) is 0. The van der Waals surface area contributed by atoms with Crippen LogP contribution in [0.2, 0.25) is 0 Å². The van der Waals surface area contributed by atoms with Gasteiger partial charge in [0.1, 0.15) is 0 Å². The Hall–Kier alpha value is -0.260. The zero-order valence-electron chi connectivity index (χ0n) is 6.90. The first-order valence-electron chi connectivity index (χ1n) is 4.47. The predicted octanol–water partition coefficient (Wildman–Crippen LogP) is 3.34. The van der Waals surface area contributed by atoms with Crippen molar-refractivity contribution in [3.05, 3.63) is 12.2 Å². The van der Waals surface area contributed by atoms with Crippen molar-refractivity contribution in [3.8, 4) is 0 Å². The second-order valence-corrected chi connectivity index (χ2v) is 3.14. The molecule has 1 fully saturated rings. The van der Waals surface area contributed by atoms with Gasteiger partial charge in [-0.05, 0) is 31.8 Å². The highest BCUT2D eigenvalue weighted by molar-refractivity contribution is 4.78. The lowest BCUT2D eigenvalue weighted by Gasteiger charge is -2.05. The topological polar surface area (TPSA) is 0 Å². The van der Waals surface area contributed by atoms with E-state index in [1.807, 2.05) is 0 Å². The van der Waals surface area contributed by atoms with E-state index >= 15 is 0 Å². The molecule has 0 heterocycles. The zero-order chi connectivity index (χ0) is 7.23. The van der Waals surface area contributed by atoms with Gasteiger partial charge in [0.25, 0.3) is 0 Å². The largest absolute Gasteiger partial charge is 0.0839 e. The summed E-state index contributed by atoms with van der Waals surface area (Å²) in [5.74, 6) is 0.785. The minimum atomic E-state index is 0.785. The van der Waals surface area contributed by atoms with Crippen LogP contribution in [0.25, 0.3) is 0 Å².